The van der Waals surface area contributed by atoms with E-state index in [-0.39, 0.29) is 6.04 Å². The Kier molecular flexibility index (Phi) is 4.24. The van der Waals surface area contributed by atoms with E-state index in [0.717, 1.165) is 16.9 Å². The highest BCUT2D eigenvalue weighted by molar-refractivity contribution is 7.99. The Morgan fingerprint density at radius 1 is 1.19 bits per heavy atom. The predicted molar refractivity (Wildman–Crippen MR) is 90.1 cm³/mol. The van der Waals surface area contributed by atoms with E-state index in [9.17, 15) is 0 Å². The van der Waals surface area contributed by atoms with Crippen LogP contribution in [0.1, 0.15) is 17.4 Å². The molecule has 1 atom stereocenters. The highest BCUT2D eigenvalue weighted by Gasteiger charge is 2.14. The van der Waals surface area contributed by atoms with Crippen LogP contribution in [0, 0.1) is 6.92 Å². The van der Waals surface area contributed by atoms with Crippen molar-refractivity contribution in [3.8, 4) is 0 Å². The largest absolute Gasteiger partial charge is 0.458 e. The average Bonchev–Trinajstić information content (AvgIpc) is 2.92. The molecule has 0 spiro atoms. The van der Waals surface area contributed by atoms with Crippen LogP contribution in [-0.4, -0.2) is 5.75 Å². The molecule has 2 aromatic carbocycles. The van der Waals surface area contributed by atoms with E-state index in [4.69, 9.17) is 21.8 Å². The number of fused-ring (bicyclic) bond motifs is 1. The third-order valence-corrected chi connectivity index (χ3v) is 4.76. The first-order valence-electron chi connectivity index (χ1n) is 6.76. The number of halogens is 1. The highest BCUT2D eigenvalue weighted by atomic mass is 35.5. The number of aryl methyl sites for hydroxylation is 1. The number of rotatable bonds is 4. The summed E-state index contributed by atoms with van der Waals surface area (Å²) < 4.78 is 5.80. The normalized spacial score (nSPS) is 12.7. The van der Waals surface area contributed by atoms with Gasteiger partial charge < -0.3 is 10.2 Å². The lowest BCUT2D eigenvalue weighted by atomic mass is 10.2. The van der Waals surface area contributed by atoms with Gasteiger partial charge in [-0.05, 0) is 31.2 Å². The van der Waals surface area contributed by atoms with Crippen LogP contribution in [0.4, 0.5) is 0 Å². The molecule has 0 radical (unpaired) electrons. The second-order valence-corrected chi connectivity index (χ2v) is 6.54. The van der Waals surface area contributed by atoms with Gasteiger partial charge in [0.1, 0.15) is 5.76 Å². The summed E-state index contributed by atoms with van der Waals surface area (Å²) in [5.41, 5.74) is 8.20. The molecule has 0 saturated carbocycles. The van der Waals surface area contributed by atoms with Crippen LogP contribution in [-0.2, 0) is 0 Å². The maximum Gasteiger partial charge on any atom is 0.152 e. The van der Waals surface area contributed by atoms with Crippen molar-refractivity contribution in [1.29, 1.82) is 0 Å². The Labute approximate surface area is 133 Å². The molecule has 3 aromatic rings. The first-order valence-corrected chi connectivity index (χ1v) is 8.13. The molecule has 3 rings (SSSR count). The average molecular weight is 318 g/mol. The van der Waals surface area contributed by atoms with Crippen LogP contribution in [0.25, 0.3) is 11.0 Å². The number of hydrogen-bond acceptors (Lipinski definition) is 3. The number of nitrogens with two attached hydrogens (primary N) is 1. The molecule has 1 aromatic heterocycles. The van der Waals surface area contributed by atoms with Crippen molar-refractivity contribution >= 4 is 34.3 Å². The zero-order valence-electron chi connectivity index (χ0n) is 11.7. The van der Waals surface area contributed by atoms with Gasteiger partial charge in [-0.3, -0.25) is 0 Å². The predicted octanol–water partition coefficient (Wildman–Crippen LogP) is 5.19. The van der Waals surface area contributed by atoms with Crippen LogP contribution in [0.3, 0.4) is 0 Å². The van der Waals surface area contributed by atoms with E-state index in [1.54, 1.807) is 11.8 Å². The molecule has 2 N–H and O–H groups in total. The molecule has 4 heteroatoms. The molecular weight excluding hydrogens is 302 g/mol. The maximum atomic E-state index is 6.23. The topological polar surface area (TPSA) is 39.2 Å². The lowest BCUT2D eigenvalue weighted by molar-refractivity contribution is 0.516. The van der Waals surface area contributed by atoms with Gasteiger partial charge in [-0.15, -0.1) is 11.8 Å². The molecule has 1 heterocycles. The minimum Gasteiger partial charge on any atom is -0.458 e. The molecule has 2 nitrogen and oxygen atoms in total. The number of hydrogen-bond donors (Lipinski definition) is 1. The smallest absolute Gasteiger partial charge is 0.152 e. The van der Waals surface area contributed by atoms with Gasteiger partial charge in [0.25, 0.3) is 0 Å². The standard InChI is InChI=1S/C17H16ClNOS/c1-11-5-7-13(8-6-11)21-10-15(19)16-9-12-3-2-4-14(18)17(12)20-16/h2-9,15H,10,19H2,1H3. The second-order valence-electron chi connectivity index (χ2n) is 5.04. The van der Waals surface area contributed by atoms with Gasteiger partial charge >= 0.3 is 0 Å². The molecule has 21 heavy (non-hydrogen) atoms. The van der Waals surface area contributed by atoms with Gasteiger partial charge in [-0.1, -0.05) is 41.4 Å². The summed E-state index contributed by atoms with van der Waals surface area (Å²) in [6, 6.07) is 16.0. The van der Waals surface area contributed by atoms with Crippen molar-refractivity contribution in [2.45, 2.75) is 17.9 Å². The molecule has 0 bridgehead atoms. The van der Waals surface area contributed by atoms with Crippen LogP contribution < -0.4 is 5.73 Å². The van der Waals surface area contributed by atoms with Gasteiger partial charge in [0.05, 0.1) is 11.1 Å². The molecular formula is C17H16ClNOS. The van der Waals surface area contributed by atoms with E-state index >= 15 is 0 Å². The minimum absolute atomic E-state index is 0.153. The second kappa shape index (κ2) is 6.14. The van der Waals surface area contributed by atoms with Crippen molar-refractivity contribution in [3.05, 3.63) is 64.9 Å². The number of furan rings is 1. The van der Waals surface area contributed by atoms with Gasteiger partial charge in [0.2, 0.25) is 0 Å². The molecule has 0 saturated heterocycles. The molecule has 0 aliphatic rings. The van der Waals surface area contributed by atoms with E-state index < -0.39 is 0 Å². The quantitative estimate of drug-likeness (QED) is 0.673. The summed E-state index contributed by atoms with van der Waals surface area (Å²) in [6.45, 7) is 2.08. The number of para-hydroxylation sites is 1. The zero-order chi connectivity index (χ0) is 14.8. The lowest BCUT2D eigenvalue weighted by Gasteiger charge is -2.08. The third-order valence-electron chi connectivity index (χ3n) is 3.33. The Morgan fingerprint density at radius 3 is 2.67 bits per heavy atom. The van der Waals surface area contributed by atoms with E-state index in [1.165, 1.54) is 10.5 Å². The third kappa shape index (κ3) is 3.26. The number of benzene rings is 2. The Hall–Kier alpha value is -1.42. The summed E-state index contributed by atoms with van der Waals surface area (Å²) in [6.07, 6.45) is 0. The van der Waals surface area contributed by atoms with Crippen LogP contribution in [0.15, 0.2) is 57.8 Å². The highest BCUT2D eigenvalue weighted by Crippen LogP contribution is 2.31. The summed E-state index contributed by atoms with van der Waals surface area (Å²) in [5, 5.41) is 1.62. The monoisotopic (exact) mass is 317 g/mol. The fraction of sp³-hybridized carbons (Fsp3) is 0.176. The van der Waals surface area contributed by atoms with Gasteiger partial charge in [-0.2, -0.15) is 0 Å². The first kappa shape index (κ1) is 14.5. The van der Waals surface area contributed by atoms with E-state index in [1.807, 2.05) is 24.3 Å². The van der Waals surface area contributed by atoms with E-state index in [2.05, 4.69) is 31.2 Å². The van der Waals surface area contributed by atoms with Crippen LogP contribution in [0.5, 0.6) is 0 Å². The lowest BCUT2D eigenvalue weighted by Crippen LogP contribution is -2.11. The summed E-state index contributed by atoms with van der Waals surface area (Å²) in [5.74, 6) is 1.54. The van der Waals surface area contributed by atoms with Gasteiger partial charge in [0, 0.05) is 16.0 Å². The van der Waals surface area contributed by atoms with Crippen molar-refractivity contribution in [2.75, 3.05) is 5.75 Å². The minimum atomic E-state index is -0.153. The molecule has 0 fully saturated rings. The molecule has 0 amide bonds. The van der Waals surface area contributed by atoms with Crippen LogP contribution >= 0.6 is 23.4 Å². The fourth-order valence-corrected chi connectivity index (χ4v) is 3.22. The Bertz CT molecular complexity index is 751. The molecule has 108 valence electrons. The first-order chi connectivity index (χ1) is 10.1. The summed E-state index contributed by atoms with van der Waals surface area (Å²) in [7, 11) is 0. The molecule has 0 aliphatic carbocycles. The Morgan fingerprint density at radius 2 is 1.95 bits per heavy atom. The summed E-state index contributed by atoms with van der Waals surface area (Å²) in [4.78, 5) is 1.21. The number of thioether (sulfide) groups is 1. The maximum absolute atomic E-state index is 6.23. The fourth-order valence-electron chi connectivity index (χ4n) is 2.13. The Balaban J connectivity index is 1.73. The van der Waals surface area contributed by atoms with Crippen molar-refractivity contribution in [3.63, 3.8) is 0 Å². The van der Waals surface area contributed by atoms with E-state index in [0.29, 0.717) is 10.6 Å². The van der Waals surface area contributed by atoms with Crippen molar-refractivity contribution < 1.29 is 4.42 Å². The summed E-state index contributed by atoms with van der Waals surface area (Å²) >= 11 is 7.85. The molecule has 1 unspecified atom stereocenters. The molecule has 0 aliphatic heterocycles. The van der Waals surface area contributed by atoms with Crippen molar-refractivity contribution in [1.82, 2.24) is 0 Å². The van der Waals surface area contributed by atoms with Crippen molar-refractivity contribution in [2.24, 2.45) is 5.73 Å². The van der Waals surface area contributed by atoms with Gasteiger partial charge in [0.15, 0.2) is 5.58 Å². The van der Waals surface area contributed by atoms with Crippen LogP contribution in [0.2, 0.25) is 5.02 Å². The van der Waals surface area contributed by atoms with Gasteiger partial charge in [-0.25, -0.2) is 0 Å². The zero-order valence-corrected chi connectivity index (χ0v) is 13.2. The SMILES string of the molecule is Cc1ccc(SCC(N)c2cc3cccc(Cl)c3o2)cc1.